The van der Waals surface area contributed by atoms with E-state index in [-0.39, 0.29) is 71.4 Å². The summed E-state index contributed by atoms with van der Waals surface area (Å²) in [5.41, 5.74) is -2.68. The van der Waals surface area contributed by atoms with E-state index in [0.717, 1.165) is 0 Å². The lowest BCUT2D eigenvalue weighted by atomic mass is 9.94. The zero-order valence-corrected chi connectivity index (χ0v) is 25.7. The molecule has 6 rings (SSSR count). The number of carbonyl (C=O) groups is 1. The summed E-state index contributed by atoms with van der Waals surface area (Å²) in [5.74, 6) is -1.17. The van der Waals surface area contributed by atoms with Crippen LogP contribution in [-0.4, -0.2) is 47.0 Å². The maximum atomic E-state index is 13.9. The molecular weight excluding hydrogens is 674 g/mol. The molecule has 2 aromatic carbocycles. The van der Waals surface area contributed by atoms with Crippen molar-refractivity contribution in [2.75, 3.05) is 10.6 Å². The van der Waals surface area contributed by atoms with E-state index < -0.39 is 39.1 Å². The fourth-order valence-corrected chi connectivity index (χ4v) is 6.16. The van der Waals surface area contributed by atoms with Crippen LogP contribution in [0.15, 0.2) is 59.5 Å². The SMILES string of the molecule is NS(=O)(=O)c1cc(Cl)cc(CNc2nc(NC3(C(F)(F)F)CC3)c3nc(-c4ccc(CC(=O)C5(C(F)(F)F)CC5)cc4)ccc3n2)c1. The molecule has 0 spiro atoms. The summed E-state index contributed by atoms with van der Waals surface area (Å²) in [5, 5.41) is 10.7. The van der Waals surface area contributed by atoms with Gasteiger partial charge in [-0.2, -0.15) is 31.3 Å². The Hall–Kier alpha value is -4.02. The molecule has 0 bridgehead atoms. The Kier molecular flexibility index (Phi) is 7.91. The van der Waals surface area contributed by atoms with Gasteiger partial charge in [-0.3, -0.25) is 4.79 Å². The summed E-state index contributed by atoms with van der Waals surface area (Å²) < 4.78 is 105. The Bertz CT molecular complexity index is 2000. The predicted molar refractivity (Wildman–Crippen MR) is 161 cm³/mol. The second-order valence-corrected chi connectivity index (χ2v) is 13.7. The first kappa shape index (κ1) is 32.9. The highest BCUT2D eigenvalue weighted by molar-refractivity contribution is 7.89. The van der Waals surface area contributed by atoms with Crippen molar-refractivity contribution in [3.63, 3.8) is 0 Å². The molecular formula is C30H25ClF6N6O3S. The molecule has 0 amide bonds. The van der Waals surface area contributed by atoms with E-state index in [1.54, 1.807) is 18.2 Å². The third-order valence-corrected chi connectivity index (χ3v) is 9.45. The quantitative estimate of drug-likeness (QED) is 0.158. The average molecular weight is 699 g/mol. The van der Waals surface area contributed by atoms with E-state index in [1.807, 2.05) is 0 Å². The highest BCUT2D eigenvalue weighted by Crippen LogP contribution is 2.58. The number of primary sulfonamides is 1. The minimum Gasteiger partial charge on any atom is -0.354 e. The Morgan fingerprint density at radius 2 is 1.55 bits per heavy atom. The summed E-state index contributed by atoms with van der Waals surface area (Å²) in [6.45, 7) is -0.0527. The van der Waals surface area contributed by atoms with Gasteiger partial charge >= 0.3 is 12.4 Å². The third kappa shape index (κ3) is 6.58. The molecule has 2 heterocycles. The summed E-state index contributed by atoms with van der Waals surface area (Å²) in [4.78, 5) is 25.4. The summed E-state index contributed by atoms with van der Waals surface area (Å²) in [6, 6.07) is 13.2. The molecule has 0 radical (unpaired) electrons. The number of aromatic nitrogens is 3. The van der Waals surface area contributed by atoms with Crippen LogP contribution in [0.5, 0.6) is 0 Å². The van der Waals surface area contributed by atoms with Crippen LogP contribution in [0.3, 0.4) is 0 Å². The number of Topliss-reactive ketones (excluding diaryl/α,β-unsaturated/α-hetero) is 1. The van der Waals surface area contributed by atoms with Crippen molar-refractivity contribution in [3.8, 4) is 11.3 Å². The zero-order chi connectivity index (χ0) is 34.0. The topological polar surface area (TPSA) is 140 Å². The van der Waals surface area contributed by atoms with Crippen LogP contribution < -0.4 is 15.8 Å². The van der Waals surface area contributed by atoms with Gasteiger partial charge in [-0.15, -0.1) is 0 Å². The van der Waals surface area contributed by atoms with E-state index in [4.69, 9.17) is 16.7 Å². The van der Waals surface area contributed by atoms with Crippen molar-refractivity contribution in [2.45, 2.75) is 61.4 Å². The van der Waals surface area contributed by atoms with Crippen molar-refractivity contribution in [1.82, 2.24) is 15.0 Å². The number of hydrogen-bond acceptors (Lipinski definition) is 8. The number of halogens is 7. The number of sulfonamides is 1. The molecule has 17 heteroatoms. The van der Waals surface area contributed by atoms with Gasteiger partial charge in [0.25, 0.3) is 0 Å². The lowest BCUT2D eigenvalue weighted by Gasteiger charge is -2.22. The maximum absolute atomic E-state index is 13.9. The van der Waals surface area contributed by atoms with Crippen LogP contribution in [0.4, 0.5) is 38.1 Å². The molecule has 4 N–H and O–H groups in total. The molecule has 47 heavy (non-hydrogen) atoms. The average Bonchev–Trinajstić information content (AvgIpc) is 3.90. The summed E-state index contributed by atoms with van der Waals surface area (Å²) in [7, 11) is -4.06. The van der Waals surface area contributed by atoms with Gasteiger partial charge in [-0.1, -0.05) is 35.9 Å². The van der Waals surface area contributed by atoms with Gasteiger partial charge < -0.3 is 10.6 Å². The van der Waals surface area contributed by atoms with Gasteiger partial charge in [0, 0.05) is 23.6 Å². The van der Waals surface area contributed by atoms with Crippen LogP contribution in [-0.2, 0) is 27.8 Å². The zero-order valence-electron chi connectivity index (χ0n) is 24.1. The number of ketones is 1. The van der Waals surface area contributed by atoms with E-state index >= 15 is 0 Å². The molecule has 0 unspecified atom stereocenters. The first-order chi connectivity index (χ1) is 21.9. The predicted octanol–water partition coefficient (Wildman–Crippen LogP) is 6.57. The van der Waals surface area contributed by atoms with E-state index in [0.29, 0.717) is 22.4 Å². The van der Waals surface area contributed by atoms with Gasteiger partial charge in [-0.25, -0.2) is 23.5 Å². The molecule has 9 nitrogen and oxygen atoms in total. The van der Waals surface area contributed by atoms with E-state index in [9.17, 15) is 39.6 Å². The monoisotopic (exact) mass is 698 g/mol. The number of fused-ring (bicyclic) bond motifs is 1. The number of pyridine rings is 1. The van der Waals surface area contributed by atoms with Gasteiger partial charge in [0.15, 0.2) is 11.6 Å². The number of carbonyl (C=O) groups excluding carboxylic acids is 1. The number of nitrogens with zero attached hydrogens (tertiary/aromatic N) is 3. The fourth-order valence-electron chi connectivity index (χ4n) is 5.23. The van der Waals surface area contributed by atoms with E-state index in [1.165, 1.54) is 36.4 Å². The van der Waals surface area contributed by atoms with Gasteiger partial charge in [-0.05, 0) is 67.1 Å². The standard InChI is InChI=1S/C30H25ClF6N6O3S/c31-19-11-17(12-20(14-19)47(38,45)46)15-39-26-41-22-6-5-21(40-24(22)25(42-26)43-28(9-10-28)30(35,36)37)18-3-1-16(2-4-18)13-23(44)27(7-8-27)29(32,33)34/h1-6,11-12,14H,7-10,13,15H2,(H2,38,45,46)(H2,39,41,42,43). The Balaban J connectivity index is 1.29. The van der Waals surface area contributed by atoms with Crippen LogP contribution in [0, 0.1) is 5.41 Å². The van der Waals surface area contributed by atoms with Crippen molar-refractivity contribution in [1.29, 1.82) is 0 Å². The van der Waals surface area contributed by atoms with Gasteiger partial charge in [0.05, 0.1) is 16.1 Å². The number of nitrogens with one attached hydrogen (secondary N) is 2. The number of hydrogen-bond donors (Lipinski definition) is 3. The first-order valence-corrected chi connectivity index (χ1v) is 16.1. The summed E-state index contributed by atoms with van der Waals surface area (Å²) >= 11 is 6.04. The molecule has 2 saturated carbocycles. The highest BCUT2D eigenvalue weighted by Gasteiger charge is 2.67. The maximum Gasteiger partial charge on any atom is 0.411 e. The number of alkyl halides is 6. The smallest absolute Gasteiger partial charge is 0.354 e. The number of nitrogens with two attached hydrogens (primary N) is 1. The number of benzene rings is 2. The van der Waals surface area contributed by atoms with Crippen molar-refractivity contribution in [2.24, 2.45) is 10.6 Å². The van der Waals surface area contributed by atoms with E-state index in [2.05, 4.69) is 25.6 Å². The largest absolute Gasteiger partial charge is 0.411 e. The van der Waals surface area contributed by atoms with Crippen molar-refractivity contribution >= 4 is 50.2 Å². The Morgan fingerprint density at radius 3 is 2.13 bits per heavy atom. The van der Waals surface area contributed by atoms with Gasteiger partial charge in [0.2, 0.25) is 16.0 Å². The molecule has 4 aromatic rings. The molecule has 2 fully saturated rings. The number of rotatable bonds is 10. The van der Waals surface area contributed by atoms with Crippen molar-refractivity contribution in [3.05, 3.63) is 70.7 Å². The molecule has 0 aliphatic heterocycles. The molecule has 248 valence electrons. The van der Waals surface area contributed by atoms with Crippen LogP contribution >= 0.6 is 11.6 Å². The normalized spacial score (nSPS) is 16.9. The second-order valence-electron chi connectivity index (χ2n) is 11.7. The minimum absolute atomic E-state index is 0.0305. The molecule has 0 atom stereocenters. The lowest BCUT2D eigenvalue weighted by Crippen LogP contribution is -2.39. The third-order valence-electron chi connectivity index (χ3n) is 8.34. The van der Waals surface area contributed by atoms with Gasteiger partial charge in [0.1, 0.15) is 16.5 Å². The first-order valence-electron chi connectivity index (χ1n) is 14.2. The lowest BCUT2D eigenvalue weighted by molar-refractivity contribution is -0.190. The molecule has 2 aliphatic carbocycles. The Labute approximate surface area is 269 Å². The summed E-state index contributed by atoms with van der Waals surface area (Å²) in [6.07, 6.45) is -10.4. The Morgan fingerprint density at radius 1 is 0.872 bits per heavy atom. The fraction of sp³-hybridized carbons (Fsp3) is 0.333. The molecule has 2 aromatic heterocycles. The number of anilines is 2. The highest BCUT2D eigenvalue weighted by atomic mass is 35.5. The van der Waals surface area contributed by atoms with Crippen molar-refractivity contribution < 1.29 is 39.6 Å². The molecule has 0 saturated heterocycles. The second kappa shape index (κ2) is 11.3. The van der Waals surface area contributed by atoms with Crippen LogP contribution in [0.2, 0.25) is 5.02 Å². The molecule has 2 aliphatic rings. The van der Waals surface area contributed by atoms with Crippen LogP contribution in [0.25, 0.3) is 22.3 Å². The minimum atomic E-state index is -4.60. The van der Waals surface area contributed by atoms with Crippen LogP contribution in [0.1, 0.15) is 36.8 Å².